The maximum absolute atomic E-state index is 12.2. The summed E-state index contributed by atoms with van der Waals surface area (Å²) < 4.78 is 0. The first-order valence-corrected chi connectivity index (χ1v) is 9.05. The van der Waals surface area contributed by atoms with E-state index in [4.69, 9.17) is 5.41 Å². The van der Waals surface area contributed by atoms with Gasteiger partial charge < -0.3 is 5.41 Å². The van der Waals surface area contributed by atoms with Gasteiger partial charge in [-0.1, -0.05) is 40.0 Å². The van der Waals surface area contributed by atoms with Crippen molar-refractivity contribution in [2.45, 2.75) is 86.5 Å². The zero-order chi connectivity index (χ0) is 17.8. The van der Waals surface area contributed by atoms with E-state index in [0.29, 0.717) is 30.2 Å². The molecule has 0 amide bonds. The van der Waals surface area contributed by atoms with Crippen molar-refractivity contribution in [3.8, 4) is 0 Å². The Morgan fingerprint density at radius 3 is 2.17 bits per heavy atom. The summed E-state index contributed by atoms with van der Waals surface area (Å²) in [6.07, 6.45) is 8.70. The summed E-state index contributed by atoms with van der Waals surface area (Å²) in [5.41, 5.74) is 2.09. The van der Waals surface area contributed by atoms with Crippen LogP contribution in [-0.4, -0.2) is 17.7 Å². The van der Waals surface area contributed by atoms with Crippen LogP contribution in [-0.2, 0) is 4.79 Å². The van der Waals surface area contributed by atoms with Crippen LogP contribution in [0.4, 0.5) is 0 Å². The molecule has 0 aromatic carbocycles. The van der Waals surface area contributed by atoms with Gasteiger partial charge in [-0.2, -0.15) is 0 Å². The number of hydrogen-bond acceptors (Lipinski definition) is 3. The number of carbonyl (C=O) groups excluding carboxylic acids is 1. The molecule has 0 aromatic heterocycles. The van der Waals surface area contributed by atoms with Gasteiger partial charge in [-0.3, -0.25) is 9.79 Å². The van der Waals surface area contributed by atoms with Gasteiger partial charge in [-0.15, -0.1) is 0 Å². The SMILES string of the molecule is CC[C@@H](C)CC[C@@H](C)CC/C=N\C(C(=O)CCC(C)=N)=C(C)C. The number of nitrogens with zero attached hydrogens (tertiary/aromatic N) is 1. The Kier molecular flexibility index (Phi) is 11.5. The Hall–Kier alpha value is -1.25. The molecule has 0 aliphatic rings. The van der Waals surface area contributed by atoms with Crippen molar-refractivity contribution in [1.82, 2.24) is 0 Å². The van der Waals surface area contributed by atoms with Crippen molar-refractivity contribution in [3.63, 3.8) is 0 Å². The minimum absolute atomic E-state index is 0.0534. The van der Waals surface area contributed by atoms with Crippen LogP contribution in [0.15, 0.2) is 16.3 Å². The van der Waals surface area contributed by atoms with E-state index >= 15 is 0 Å². The molecule has 23 heavy (non-hydrogen) atoms. The van der Waals surface area contributed by atoms with Crippen LogP contribution in [0.3, 0.4) is 0 Å². The highest BCUT2D eigenvalue weighted by Gasteiger charge is 2.10. The lowest BCUT2D eigenvalue weighted by atomic mass is 9.94. The van der Waals surface area contributed by atoms with Crippen molar-refractivity contribution < 1.29 is 4.79 Å². The van der Waals surface area contributed by atoms with Crippen molar-refractivity contribution in [2.24, 2.45) is 16.8 Å². The second kappa shape index (κ2) is 12.2. The summed E-state index contributed by atoms with van der Waals surface area (Å²) in [4.78, 5) is 16.6. The highest BCUT2D eigenvalue weighted by atomic mass is 16.1. The van der Waals surface area contributed by atoms with Crippen molar-refractivity contribution in [3.05, 3.63) is 11.3 Å². The normalized spacial score (nSPS) is 13.8. The van der Waals surface area contributed by atoms with Gasteiger partial charge >= 0.3 is 0 Å². The maximum Gasteiger partial charge on any atom is 0.181 e. The first-order valence-electron chi connectivity index (χ1n) is 9.05. The molecule has 3 heteroatoms. The van der Waals surface area contributed by atoms with Gasteiger partial charge in [0.25, 0.3) is 0 Å². The summed E-state index contributed by atoms with van der Waals surface area (Å²) in [5.74, 6) is 1.58. The molecule has 0 saturated heterocycles. The second-order valence-electron chi connectivity index (χ2n) is 7.14. The monoisotopic (exact) mass is 320 g/mol. The third kappa shape index (κ3) is 11.0. The van der Waals surface area contributed by atoms with E-state index in [0.717, 1.165) is 24.3 Å². The van der Waals surface area contributed by atoms with E-state index in [1.807, 2.05) is 20.1 Å². The topological polar surface area (TPSA) is 53.3 Å². The molecule has 0 rings (SSSR count). The predicted molar refractivity (Wildman–Crippen MR) is 102 cm³/mol. The van der Waals surface area contributed by atoms with Gasteiger partial charge in [0.15, 0.2) is 5.78 Å². The number of Topliss-reactive ketones (excluding diaryl/α,β-unsaturated/α-hetero) is 1. The van der Waals surface area contributed by atoms with E-state index in [-0.39, 0.29) is 5.78 Å². The molecule has 0 unspecified atom stereocenters. The van der Waals surface area contributed by atoms with Gasteiger partial charge in [-0.25, -0.2) is 0 Å². The van der Waals surface area contributed by atoms with Crippen LogP contribution in [0.1, 0.15) is 86.5 Å². The summed E-state index contributed by atoms with van der Waals surface area (Å²) in [6.45, 7) is 12.5. The molecular formula is C20H36N2O. The highest BCUT2D eigenvalue weighted by Crippen LogP contribution is 2.18. The number of rotatable bonds is 12. The van der Waals surface area contributed by atoms with Crippen LogP contribution < -0.4 is 0 Å². The van der Waals surface area contributed by atoms with Crippen molar-refractivity contribution in [2.75, 3.05) is 0 Å². The third-order valence-corrected chi connectivity index (χ3v) is 4.32. The molecule has 0 aliphatic heterocycles. The number of allylic oxidation sites excluding steroid dienone is 2. The fraction of sp³-hybridized carbons (Fsp3) is 0.750. The van der Waals surface area contributed by atoms with Gasteiger partial charge in [0.05, 0.1) is 0 Å². The molecule has 0 aliphatic carbocycles. The molecule has 0 bridgehead atoms. The molecule has 132 valence electrons. The highest BCUT2D eigenvalue weighted by molar-refractivity contribution is 5.98. The molecule has 0 saturated carbocycles. The minimum Gasteiger partial charge on any atom is -0.310 e. The smallest absolute Gasteiger partial charge is 0.181 e. The van der Waals surface area contributed by atoms with E-state index < -0.39 is 0 Å². The third-order valence-electron chi connectivity index (χ3n) is 4.32. The fourth-order valence-electron chi connectivity index (χ4n) is 2.33. The number of ketones is 1. The lowest BCUT2D eigenvalue weighted by Gasteiger charge is -2.13. The Labute approximate surface area is 143 Å². The zero-order valence-corrected chi connectivity index (χ0v) is 16.0. The van der Waals surface area contributed by atoms with Crippen LogP contribution in [0.25, 0.3) is 0 Å². The van der Waals surface area contributed by atoms with Gasteiger partial charge in [0.1, 0.15) is 5.70 Å². The molecule has 0 radical (unpaired) electrons. The van der Waals surface area contributed by atoms with E-state index in [1.165, 1.54) is 19.3 Å². The molecular weight excluding hydrogens is 284 g/mol. The van der Waals surface area contributed by atoms with E-state index in [2.05, 4.69) is 25.8 Å². The molecule has 0 heterocycles. The average Bonchev–Trinajstić information content (AvgIpc) is 2.49. The summed E-state index contributed by atoms with van der Waals surface area (Å²) in [7, 11) is 0. The van der Waals surface area contributed by atoms with Crippen molar-refractivity contribution >= 4 is 17.7 Å². The Bertz CT molecular complexity index is 431. The van der Waals surface area contributed by atoms with Gasteiger partial charge in [-0.05, 0) is 57.4 Å². The Morgan fingerprint density at radius 1 is 1.04 bits per heavy atom. The minimum atomic E-state index is 0.0534. The van der Waals surface area contributed by atoms with E-state index in [1.54, 1.807) is 6.92 Å². The lowest BCUT2D eigenvalue weighted by Crippen LogP contribution is -2.05. The molecule has 0 fully saturated rings. The Morgan fingerprint density at radius 2 is 1.65 bits per heavy atom. The van der Waals surface area contributed by atoms with Crippen LogP contribution in [0.5, 0.6) is 0 Å². The first kappa shape index (κ1) is 21.8. The van der Waals surface area contributed by atoms with Crippen molar-refractivity contribution in [1.29, 1.82) is 5.41 Å². The summed E-state index contributed by atoms with van der Waals surface area (Å²) in [5, 5.41) is 7.43. The lowest BCUT2D eigenvalue weighted by molar-refractivity contribution is -0.115. The number of nitrogens with one attached hydrogen (secondary N) is 1. The summed E-state index contributed by atoms with van der Waals surface area (Å²) >= 11 is 0. The van der Waals surface area contributed by atoms with Gasteiger partial charge in [0, 0.05) is 18.3 Å². The standard InChI is InChI=1S/C20H36N2O/c1-7-16(4)10-11-17(5)9-8-14-22-20(15(2)3)19(23)13-12-18(6)21/h14,16-17,21H,7-13H2,1-6H3/b21-18?,22-14-/t16-,17+/m1/s1. The molecule has 1 N–H and O–H groups in total. The quantitative estimate of drug-likeness (QED) is 0.349. The van der Waals surface area contributed by atoms with E-state index in [9.17, 15) is 4.79 Å². The first-order chi connectivity index (χ1) is 10.8. The molecule has 0 aromatic rings. The van der Waals surface area contributed by atoms with Gasteiger partial charge in [0.2, 0.25) is 0 Å². The van der Waals surface area contributed by atoms with Crippen LogP contribution in [0.2, 0.25) is 0 Å². The number of hydrogen-bond donors (Lipinski definition) is 1. The zero-order valence-electron chi connectivity index (χ0n) is 16.0. The fourth-order valence-corrected chi connectivity index (χ4v) is 2.33. The number of carbonyl (C=O) groups is 1. The number of aliphatic imine (C=N–C) groups is 1. The predicted octanol–water partition coefficient (Wildman–Crippen LogP) is 5.98. The van der Waals surface area contributed by atoms with Crippen LogP contribution in [0, 0.1) is 17.2 Å². The largest absolute Gasteiger partial charge is 0.310 e. The average molecular weight is 321 g/mol. The molecule has 2 atom stereocenters. The Balaban J connectivity index is 4.30. The molecule has 3 nitrogen and oxygen atoms in total. The second-order valence-corrected chi connectivity index (χ2v) is 7.14. The van der Waals surface area contributed by atoms with Crippen LogP contribution >= 0.6 is 0 Å². The maximum atomic E-state index is 12.2. The summed E-state index contributed by atoms with van der Waals surface area (Å²) in [6, 6.07) is 0. The molecule has 0 spiro atoms.